The number of esters is 1. The molecule has 1 amide bonds. The number of piperidine rings is 1. The predicted octanol–water partition coefficient (Wildman–Crippen LogP) is 3.24. The average molecular weight is 443 g/mol. The molecule has 172 valence electrons. The van der Waals surface area contributed by atoms with E-state index in [-0.39, 0.29) is 18.5 Å². The Kier molecular flexibility index (Phi) is 6.79. The van der Waals surface area contributed by atoms with Gasteiger partial charge in [0.25, 0.3) is 5.91 Å². The van der Waals surface area contributed by atoms with Crippen LogP contribution in [0.3, 0.4) is 0 Å². The van der Waals surface area contributed by atoms with Crippen LogP contribution in [0.25, 0.3) is 11.3 Å². The molecule has 0 aliphatic carbocycles. The molecule has 2 aromatic rings. The zero-order chi connectivity index (χ0) is 22.6. The van der Waals surface area contributed by atoms with Gasteiger partial charge in [0, 0.05) is 37.7 Å². The summed E-state index contributed by atoms with van der Waals surface area (Å²) in [7, 11) is 1.62. The monoisotopic (exact) mass is 442 g/mol. The zero-order valence-corrected chi connectivity index (χ0v) is 18.7. The summed E-state index contributed by atoms with van der Waals surface area (Å²) in [5.74, 6) is 1.02. The fourth-order valence-corrected chi connectivity index (χ4v) is 4.59. The van der Waals surface area contributed by atoms with Crippen LogP contribution >= 0.6 is 0 Å². The van der Waals surface area contributed by atoms with Gasteiger partial charge in [-0.15, -0.1) is 0 Å². The minimum Gasteiger partial charge on any atom is -0.497 e. The smallest absolute Gasteiger partial charge is 0.314 e. The van der Waals surface area contributed by atoms with Gasteiger partial charge in [-0.1, -0.05) is 5.16 Å². The van der Waals surface area contributed by atoms with Crippen molar-refractivity contribution in [2.75, 3.05) is 33.4 Å². The molecule has 4 rings (SSSR count). The van der Waals surface area contributed by atoms with Gasteiger partial charge >= 0.3 is 5.97 Å². The van der Waals surface area contributed by atoms with Crippen LogP contribution in [0.15, 0.2) is 34.9 Å². The molecule has 0 unspecified atom stereocenters. The Balaban J connectivity index is 1.54. The summed E-state index contributed by atoms with van der Waals surface area (Å²) >= 11 is 0. The van der Waals surface area contributed by atoms with Gasteiger partial charge in [-0.05, 0) is 56.9 Å². The highest BCUT2D eigenvalue weighted by Gasteiger charge is 2.46. The molecule has 1 aromatic heterocycles. The van der Waals surface area contributed by atoms with E-state index in [0.29, 0.717) is 44.0 Å². The maximum atomic E-state index is 13.1. The summed E-state index contributed by atoms with van der Waals surface area (Å²) in [5, 5.41) is 4.19. The molecule has 8 heteroatoms. The van der Waals surface area contributed by atoms with Gasteiger partial charge in [0.15, 0.2) is 0 Å². The number of likely N-dealkylation sites (tertiary alicyclic amines) is 1. The molecule has 2 aliphatic heterocycles. The van der Waals surface area contributed by atoms with Gasteiger partial charge in [-0.3, -0.25) is 9.59 Å². The van der Waals surface area contributed by atoms with Crippen LogP contribution in [0.4, 0.5) is 0 Å². The molecule has 32 heavy (non-hydrogen) atoms. The van der Waals surface area contributed by atoms with Crippen molar-refractivity contribution in [1.82, 2.24) is 10.1 Å². The highest BCUT2D eigenvalue weighted by molar-refractivity contribution is 5.83. The summed E-state index contributed by atoms with van der Waals surface area (Å²) in [6, 6.07) is 9.39. The number of amides is 1. The van der Waals surface area contributed by atoms with E-state index in [1.54, 1.807) is 18.9 Å². The standard InChI is InChI=1S/C24H30N2O6/c1-3-30-23(28)24(11-5-12-26(16-24)22(27)21-6-4-13-31-21)15-19-14-20(25-32-19)17-7-9-18(29-2)10-8-17/h7-10,14,21H,3-6,11-13,15-16H2,1-2H3/t21-,24-/m0/s1. The lowest BCUT2D eigenvalue weighted by molar-refractivity contribution is -0.162. The van der Waals surface area contributed by atoms with Gasteiger partial charge in [0.05, 0.1) is 19.1 Å². The Morgan fingerprint density at radius 3 is 2.75 bits per heavy atom. The Morgan fingerprint density at radius 1 is 1.25 bits per heavy atom. The lowest BCUT2D eigenvalue weighted by atomic mass is 9.76. The van der Waals surface area contributed by atoms with Gasteiger partial charge in [-0.2, -0.15) is 0 Å². The number of carbonyl (C=O) groups is 2. The minimum absolute atomic E-state index is 0.0348. The Hall–Kier alpha value is -2.87. The average Bonchev–Trinajstić information content (AvgIpc) is 3.51. The maximum absolute atomic E-state index is 13.1. The Bertz CT molecular complexity index is 934. The van der Waals surface area contributed by atoms with Crippen molar-refractivity contribution in [2.45, 2.75) is 45.1 Å². The second kappa shape index (κ2) is 9.73. The van der Waals surface area contributed by atoms with Crippen LogP contribution in [-0.4, -0.2) is 61.5 Å². The predicted molar refractivity (Wildman–Crippen MR) is 116 cm³/mol. The fourth-order valence-electron chi connectivity index (χ4n) is 4.59. The molecular weight excluding hydrogens is 412 g/mol. The highest BCUT2D eigenvalue weighted by atomic mass is 16.5. The van der Waals surface area contributed by atoms with Crippen LogP contribution in [0.5, 0.6) is 5.75 Å². The van der Waals surface area contributed by atoms with Crippen molar-refractivity contribution >= 4 is 11.9 Å². The third kappa shape index (κ3) is 4.65. The number of aromatic nitrogens is 1. The van der Waals surface area contributed by atoms with Crippen LogP contribution < -0.4 is 4.74 Å². The number of methoxy groups -OCH3 is 1. The third-order valence-corrected chi connectivity index (χ3v) is 6.26. The molecule has 0 radical (unpaired) electrons. The molecule has 2 aliphatic rings. The summed E-state index contributed by atoms with van der Waals surface area (Å²) in [6.07, 6.45) is 2.88. The van der Waals surface area contributed by atoms with Crippen molar-refractivity contribution < 1.29 is 28.3 Å². The molecule has 0 spiro atoms. The number of hydrogen-bond donors (Lipinski definition) is 0. The van der Waals surface area contributed by atoms with Gasteiger partial charge in [0.1, 0.15) is 23.3 Å². The molecular formula is C24H30N2O6. The second-order valence-corrected chi connectivity index (χ2v) is 8.45. The first kappa shape index (κ1) is 22.3. The molecule has 0 N–H and O–H groups in total. The van der Waals surface area contributed by atoms with Crippen molar-refractivity contribution in [1.29, 1.82) is 0 Å². The quantitative estimate of drug-likeness (QED) is 0.608. The number of benzene rings is 1. The number of ether oxygens (including phenoxy) is 3. The largest absolute Gasteiger partial charge is 0.497 e. The third-order valence-electron chi connectivity index (χ3n) is 6.26. The van der Waals surface area contributed by atoms with Crippen LogP contribution in [-0.2, 0) is 25.5 Å². The van der Waals surface area contributed by atoms with Crippen molar-refractivity contribution in [3.8, 4) is 17.0 Å². The maximum Gasteiger partial charge on any atom is 0.314 e. The van der Waals surface area contributed by atoms with E-state index in [0.717, 1.165) is 30.6 Å². The number of hydrogen-bond acceptors (Lipinski definition) is 7. The molecule has 0 bridgehead atoms. The van der Waals surface area contributed by atoms with Crippen molar-refractivity contribution in [2.24, 2.45) is 5.41 Å². The molecule has 0 saturated carbocycles. The topological polar surface area (TPSA) is 91.1 Å². The highest BCUT2D eigenvalue weighted by Crippen LogP contribution is 2.37. The van der Waals surface area contributed by atoms with E-state index in [1.165, 1.54) is 0 Å². The number of rotatable bonds is 7. The zero-order valence-electron chi connectivity index (χ0n) is 18.7. The summed E-state index contributed by atoms with van der Waals surface area (Å²) < 4.78 is 21.8. The van der Waals surface area contributed by atoms with Crippen LogP contribution in [0.1, 0.15) is 38.4 Å². The molecule has 2 fully saturated rings. The van der Waals surface area contributed by atoms with Crippen LogP contribution in [0, 0.1) is 5.41 Å². The van der Waals surface area contributed by atoms with E-state index in [1.807, 2.05) is 30.3 Å². The molecule has 1 aromatic carbocycles. The molecule has 2 atom stereocenters. The first-order valence-corrected chi connectivity index (χ1v) is 11.2. The van der Waals surface area contributed by atoms with Gasteiger partial charge in [0.2, 0.25) is 0 Å². The first-order chi connectivity index (χ1) is 15.5. The summed E-state index contributed by atoms with van der Waals surface area (Å²) in [4.78, 5) is 27.8. The van der Waals surface area contributed by atoms with E-state index in [2.05, 4.69) is 5.16 Å². The SMILES string of the molecule is CCOC(=O)[C@]1(Cc2cc(-c3ccc(OC)cc3)no2)CCCN(C(=O)[C@@H]2CCCO2)C1. The van der Waals surface area contributed by atoms with E-state index < -0.39 is 11.5 Å². The minimum atomic E-state index is -0.862. The van der Waals surface area contributed by atoms with Crippen molar-refractivity contribution in [3.63, 3.8) is 0 Å². The lowest BCUT2D eigenvalue weighted by Crippen LogP contribution is -2.53. The summed E-state index contributed by atoms with van der Waals surface area (Å²) in [6.45, 7) is 3.60. The Morgan fingerprint density at radius 2 is 2.06 bits per heavy atom. The number of nitrogens with zero attached hydrogens (tertiary/aromatic N) is 2. The second-order valence-electron chi connectivity index (χ2n) is 8.45. The normalized spacial score (nSPS) is 23.2. The Labute approximate surface area is 187 Å². The molecule has 2 saturated heterocycles. The van der Waals surface area contributed by atoms with E-state index in [4.69, 9.17) is 18.7 Å². The first-order valence-electron chi connectivity index (χ1n) is 11.2. The lowest BCUT2D eigenvalue weighted by Gasteiger charge is -2.41. The van der Waals surface area contributed by atoms with E-state index in [9.17, 15) is 9.59 Å². The molecule has 3 heterocycles. The summed E-state index contributed by atoms with van der Waals surface area (Å²) in [5.41, 5.74) is 0.716. The van der Waals surface area contributed by atoms with Gasteiger partial charge < -0.3 is 23.6 Å². The van der Waals surface area contributed by atoms with Crippen molar-refractivity contribution in [3.05, 3.63) is 36.1 Å². The fraction of sp³-hybridized carbons (Fsp3) is 0.542. The molecule has 8 nitrogen and oxygen atoms in total. The van der Waals surface area contributed by atoms with E-state index >= 15 is 0 Å². The van der Waals surface area contributed by atoms with Gasteiger partial charge in [-0.25, -0.2) is 0 Å². The van der Waals surface area contributed by atoms with Crippen LogP contribution in [0.2, 0.25) is 0 Å². The number of carbonyl (C=O) groups excluding carboxylic acids is 2.